The van der Waals surface area contributed by atoms with Gasteiger partial charge in [-0.3, -0.25) is 0 Å². The second-order valence-electron chi connectivity index (χ2n) is 4.88. The lowest BCUT2D eigenvalue weighted by Crippen LogP contribution is -2.08. The summed E-state index contributed by atoms with van der Waals surface area (Å²) in [6.07, 6.45) is 0. The Morgan fingerprint density at radius 1 is 0.810 bits per heavy atom. The number of aromatic amines is 2. The molecule has 2 heterocycles. The van der Waals surface area contributed by atoms with E-state index in [0.29, 0.717) is 11.6 Å². The monoisotopic (exact) mass is 276 g/mol. The average molecular weight is 276 g/mol. The third-order valence-corrected chi connectivity index (χ3v) is 3.46. The van der Waals surface area contributed by atoms with E-state index in [-0.39, 0.29) is 0 Å². The quantitative estimate of drug-likeness (QED) is 0.546. The Labute approximate surface area is 120 Å². The van der Waals surface area contributed by atoms with E-state index in [1.54, 1.807) is 6.07 Å². The summed E-state index contributed by atoms with van der Waals surface area (Å²) in [5.74, 6) is 0.0395. The summed E-state index contributed by atoms with van der Waals surface area (Å²) in [5.41, 5.74) is 2.30. The van der Waals surface area contributed by atoms with Crippen molar-refractivity contribution in [1.82, 2.24) is 9.97 Å². The molecule has 0 saturated heterocycles. The Morgan fingerprint density at radius 2 is 1.43 bits per heavy atom. The van der Waals surface area contributed by atoms with E-state index in [2.05, 4.69) is 9.97 Å². The molecule has 102 valence electrons. The van der Waals surface area contributed by atoms with Gasteiger partial charge < -0.3 is 14.7 Å². The molecule has 2 aromatic carbocycles. The number of fused-ring (bicyclic) bond motifs is 2. The van der Waals surface area contributed by atoms with Crippen LogP contribution in [0.5, 0.6) is 5.88 Å². The number of nitrogens with one attached hydrogen (secondary N) is 2. The molecule has 2 N–H and O–H groups in total. The highest BCUT2D eigenvalue weighted by molar-refractivity contribution is 5.96. The molecule has 0 saturated carbocycles. The van der Waals surface area contributed by atoms with Gasteiger partial charge in [0.2, 0.25) is 5.88 Å². The van der Waals surface area contributed by atoms with Crippen LogP contribution < -0.4 is 4.74 Å². The van der Waals surface area contributed by atoms with Crippen LogP contribution >= 0.6 is 0 Å². The lowest BCUT2D eigenvalue weighted by molar-refractivity contribution is 0.0723. The maximum Gasteiger partial charge on any atom is 0.361 e. The predicted octanol–water partition coefficient (Wildman–Crippen LogP) is 3.87. The van der Waals surface area contributed by atoms with Crippen LogP contribution in [0.25, 0.3) is 21.8 Å². The van der Waals surface area contributed by atoms with Crippen LogP contribution in [0, 0.1) is 0 Å². The highest BCUT2D eigenvalue weighted by Crippen LogP contribution is 2.21. The molecule has 0 spiro atoms. The Bertz CT molecular complexity index is 883. The zero-order valence-corrected chi connectivity index (χ0v) is 11.1. The van der Waals surface area contributed by atoms with Crippen molar-refractivity contribution in [3.05, 3.63) is 66.4 Å². The van der Waals surface area contributed by atoms with Crippen LogP contribution in [0.1, 0.15) is 10.5 Å². The van der Waals surface area contributed by atoms with Gasteiger partial charge in [0, 0.05) is 27.9 Å². The van der Waals surface area contributed by atoms with Gasteiger partial charge in [-0.2, -0.15) is 0 Å². The molecule has 0 amide bonds. The molecule has 4 nitrogen and oxygen atoms in total. The number of hydrogen-bond acceptors (Lipinski definition) is 2. The van der Waals surface area contributed by atoms with E-state index in [9.17, 15) is 4.79 Å². The van der Waals surface area contributed by atoms with Crippen molar-refractivity contribution in [3.8, 4) is 5.88 Å². The van der Waals surface area contributed by atoms with Crippen molar-refractivity contribution < 1.29 is 9.53 Å². The third-order valence-electron chi connectivity index (χ3n) is 3.46. The summed E-state index contributed by atoms with van der Waals surface area (Å²) in [5, 5.41) is 2.00. The Hall–Kier alpha value is -3.01. The van der Waals surface area contributed by atoms with Gasteiger partial charge in [0.25, 0.3) is 0 Å². The van der Waals surface area contributed by atoms with Crippen LogP contribution in [-0.2, 0) is 0 Å². The molecule has 2 aromatic heterocycles. The van der Waals surface area contributed by atoms with E-state index in [1.807, 2.05) is 54.6 Å². The molecule has 21 heavy (non-hydrogen) atoms. The Kier molecular flexibility index (Phi) is 2.54. The van der Waals surface area contributed by atoms with Gasteiger partial charge in [-0.1, -0.05) is 36.4 Å². The second kappa shape index (κ2) is 4.52. The van der Waals surface area contributed by atoms with Gasteiger partial charge in [0.05, 0.1) is 0 Å². The topological polar surface area (TPSA) is 57.9 Å². The van der Waals surface area contributed by atoms with E-state index in [1.165, 1.54) is 0 Å². The van der Waals surface area contributed by atoms with Gasteiger partial charge in [-0.05, 0) is 18.2 Å². The van der Waals surface area contributed by atoms with Crippen molar-refractivity contribution in [3.63, 3.8) is 0 Å². The minimum absolute atomic E-state index is 0.405. The standard InChI is InChI=1S/C17H12N2O2/c20-17(15-9-11-5-1-3-7-13(11)18-15)21-16-10-12-6-2-4-8-14(12)19-16/h1-10,18-19H. The number of carbonyl (C=O) groups is 1. The van der Waals surface area contributed by atoms with Crippen LogP contribution in [0.3, 0.4) is 0 Å². The minimum atomic E-state index is -0.405. The summed E-state index contributed by atoms with van der Waals surface area (Å²) < 4.78 is 5.39. The molecule has 0 aliphatic rings. The van der Waals surface area contributed by atoms with Crippen molar-refractivity contribution in [2.24, 2.45) is 0 Å². The number of aromatic nitrogens is 2. The zero-order valence-electron chi connectivity index (χ0n) is 11.1. The number of rotatable bonds is 2. The van der Waals surface area contributed by atoms with Crippen LogP contribution in [-0.4, -0.2) is 15.9 Å². The lowest BCUT2D eigenvalue weighted by Gasteiger charge is -1.98. The summed E-state index contributed by atoms with van der Waals surface area (Å²) in [7, 11) is 0. The van der Waals surface area contributed by atoms with Gasteiger partial charge in [0.1, 0.15) is 5.69 Å². The summed E-state index contributed by atoms with van der Waals surface area (Å²) in [6, 6.07) is 19.1. The highest BCUT2D eigenvalue weighted by atomic mass is 16.5. The lowest BCUT2D eigenvalue weighted by atomic mass is 10.2. The van der Waals surface area contributed by atoms with Gasteiger partial charge in [0.15, 0.2) is 0 Å². The third kappa shape index (κ3) is 2.07. The first-order chi connectivity index (χ1) is 10.3. The SMILES string of the molecule is O=C(Oc1cc2ccccc2[nH]1)c1cc2ccccc2[nH]1. The van der Waals surface area contributed by atoms with Gasteiger partial charge >= 0.3 is 5.97 Å². The van der Waals surface area contributed by atoms with Crippen LogP contribution in [0.4, 0.5) is 0 Å². The average Bonchev–Trinajstić information content (AvgIpc) is 3.10. The number of ether oxygens (including phenoxy) is 1. The van der Waals surface area contributed by atoms with Crippen molar-refractivity contribution in [2.75, 3.05) is 0 Å². The van der Waals surface area contributed by atoms with E-state index in [0.717, 1.165) is 21.8 Å². The van der Waals surface area contributed by atoms with E-state index >= 15 is 0 Å². The summed E-state index contributed by atoms with van der Waals surface area (Å²) in [4.78, 5) is 18.3. The highest BCUT2D eigenvalue weighted by Gasteiger charge is 2.13. The van der Waals surface area contributed by atoms with E-state index in [4.69, 9.17) is 4.74 Å². The molecule has 0 atom stereocenters. The maximum atomic E-state index is 12.2. The Morgan fingerprint density at radius 3 is 2.10 bits per heavy atom. The number of H-pyrrole nitrogens is 2. The molecule has 0 unspecified atom stereocenters. The molecular formula is C17H12N2O2. The Balaban J connectivity index is 1.65. The van der Waals surface area contributed by atoms with Crippen molar-refractivity contribution in [2.45, 2.75) is 0 Å². The van der Waals surface area contributed by atoms with Crippen LogP contribution in [0.15, 0.2) is 60.7 Å². The van der Waals surface area contributed by atoms with Crippen molar-refractivity contribution in [1.29, 1.82) is 0 Å². The fourth-order valence-electron chi connectivity index (χ4n) is 2.44. The molecule has 0 aliphatic carbocycles. The zero-order chi connectivity index (χ0) is 14.2. The first-order valence-electron chi connectivity index (χ1n) is 6.67. The fraction of sp³-hybridized carbons (Fsp3) is 0. The van der Waals surface area contributed by atoms with E-state index < -0.39 is 5.97 Å². The molecular weight excluding hydrogens is 264 g/mol. The first kappa shape index (κ1) is 11.8. The molecule has 0 radical (unpaired) electrons. The molecule has 0 aliphatic heterocycles. The minimum Gasteiger partial charge on any atom is -0.405 e. The number of hydrogen-bond donors (Lipinski definition) is 2. The molecule has 0 bridgehead atoms. The smallest absolute Gasteiger partial charge is 0.361 e. The molecule has 0 fully saturated rings. The number of esters is 1. The fourth-order valence-corrected chi connectivity index (χ4v) is 2.44. The number of benzene rings is 2. The first-order valence-corrected chi connectivity index (χ1v) is 6.67. The number of para-hydroxylation sites is 2. The normalized spacial score (nSPS) is 11.0. The van der Waals surface area contributed by atoms with Gasteiger partial charge in [-0.25, -0.2) is 4.79 Å². The summed E-state index contributed by atoms with van der Waals surface area (Å²) in [6.45, 7) is 0. The van der Waals surface area contributed by atoms with Crippen molar-refractivity contribution >= 4 is 27.8 Å². The van der Waals surface area contributed by atoms with Gasteiger partial charge in [-0.15, -0.1) is 0 Å². The molecule has 4 heteroatoms. The second-order valence-corrected chi connectivity index (χ2v) is 4.88. The predicted molar refractivity (Wildman–Crippen MR) is 81.6 cm³/mol. The largest absolute Gasteiger partial charge is 0.405 e. The van der Waals surface area contributed by atoms with Crippen LogP contribution in [0.2, 0.25) is 0 Å². The molecule has 4 aromatic rings. The molecule has 4 rings (SSSR count). The number of carbonyl (C=O) groups excluding carboxylic acids is 1. The maximum absolute atomic E-state index is 12.2. The summed E-state index contributed by atoms with van der Waals surface area (Å²) >= 11 is 0.